The van der Waals surface area contributed by atoms with E-state index in [2.05, 4.69) is 14.9 Å². The molecule has 0 bridgehead atoms. The smallest absolute Gasteiger partial charge is 0.246 e. The van der Waals surface area contributed by atoms with Gasteiger partial charge in [-0.05, 0) is 18.2 Å². The Morgan fingerprint density at radius 3 is 2.54 bits per heavy atom. The van der Waals surface area contributed by atoms with Gasteiger partial charge < -0.3 is 9.80 Å². The number of piperazine rings is 1. The number of anilines is 1. The largest absolute Gasteiger partial charge is 0.337 e. The fourth-order valence-corrected chi connectivity index (χ4v) is 4.37. The normalized spacial score (nSPS) is 15.1. The number of halogens is 1. The summed E-state index contributed by atoms with van der Waals surface area (Å²) < 4.78 is 1.13. The third-order valence-electron chi connectivity index (χ3n) is 4.36. The lowest BCUT2D eigenvalue weighted by Gasteiger charge is -2.34. The van der Waals surface area contributed by atoms with Crippen LogP contribution < -0.4 is 4.90 Å². The number of hydrogen-bond donors (Lipinski definition) is 0. The Hall–Kier alpha value is -2.44. The molecule has 2 aromatic heterocycles. The van der Waals surface area contributed by atoms with E-state index in [1.165, 1.54) is 0 Å². The summed E-state index contributed by atoms with van der Waals surface area (Å²) >= 11 is 8.02. The predicted octanol–water partition coefficient (Wildman–Crippen LogP) is 3.71. The fourth-order valence-electron chi connectivity index (χ4n) is 2.97. The second kappa shape index (κ2) is 7.43. The topological polar surface area (TPSA) is 49.3 Å². The standard InChI is InChI=1S/C19H17ClN4OS/c20-18-14-4-1-2-5-15(14)26-16(18)6-7-17(25)23-10-12-24(13-11-23)19-21-8-3-9-22-19/h1-9H,10-13H2/b7-6+. The van der Waals surface area contributed by atoms with E-state index < -0.39 is 0 Å². The molecule has 1 amide bonds. The zero-order valence-electron chi connectivity index (χ0n) is 14.0. The first-order valence-electron chi connectivity index (χ1n) is 8.38. The summed E-state index contributed by atoms with van der Waals surface area (Å²) in [7, 11) is 0. The summed E-state index contributed by atoms with van der Waals surface area (Å²) in [5.74, 6) is 0.722. The number of rotatable bonds is 3. The maximum absolute atomic E-state index is 12.5. The predicted molar refractivity (Wildman–Crippen MR) is 107 cm³/mol. The summed E-state index contributed by atoms with van der Waals surface area (Å²) in [4.78, 5) is 25.9. The maximum atomic E-state index is 12.5. The number of aromatic nitrogens is 2. The molecule has 26 heavy (non-hydrogen) atoms. The van der Waals surface area contributed by atoms with Gasteiger partial charge in [0.05, 0.1) is 5.02 Å². The summed E-state index contributed by atoms with van der Waals surface area (Å²) in [6.45, 7) is 2.77. The van der Waals surface area contributed by atoms with Crippen molar-refractivity contribution in [1.82, 2.24) is 14.9 Å². The highest BCUT2D eigenvalue weighted by Gasteiger charge is 2.21. The summed E-state index contributed by atoms with van der Waals surface area (Å²) in [6.07, 6.45) is 6.90. The molecule has 5 nitrogen and oxygen atoms in total. The third-order valence-corrected chi connectivity index (χ3v) is 6.02. The first-order chi connectivity index (χ1) is 12.7. The van der Waals surface area contributed by atoms with Crippen LogP contribution in [0.5, 0.6) is 0 Å². The van der Waals surface area contributed by atoms with Crippen molar-refractivity contribution >= 4 is 51.0 Å². The molecule has 0 saturated carbocycles. The lowest BCUT2D eigenvalue weighted by molar-refractivity contribution is -0.126. The Labute approximate surface area is 160 Å². The van der Waals surface area contributed by atoms with E-state index in [-0.39, 0.29) is 5.91 Å². The van der Waals surface area contributed by atoms with E-state index in [4.69, 9.17) is 11.6 Å². The number of amides is 1. The van der Waals surface area contributed by atoms with Crippen molar-refractivity contribution in [1.29, 1.82) is 0 Å². The van der Waals surface area contributed by atoms with Crippen LogP contribution in [0.15, 0.2) is 48.8 Å². The van der Waals surface area contributed by atoms with Gasteiger partial charge in [-0.15, -0.1) is 11.3 Å². The van der Waals surface area contributed by atoms with Crippen LogP contribution in [0, 0.1) is 0 Å². The van der Waals surface area contributed by atoms with Crippen molar-refractivity contribution in [3.63, 3.8) is 0 Å². The third kappa shape index (κ3) is 3.43. The van der Waals surface area contributed by atoms with E-state index >= 15 is 0 Å². The van der Waals surface area contributed by atoms with Crippen molar-refractivity contribution in [2.75, 3.05) is 31.1 Å². The zero-order valence-corrected chi connectivity index (χ0v) is 15.6. The molecule has 132 valence electrons. The van der Waals surface area contributed by atoms with Crippen molar-refractivity contribution < 1.29 is 4.79 Å². The van der Waals surface area contributed by atoms with Crippen molar-refractivity contribution in [2.24, 2.45) is 0 Å². The Balaban J connectivity index is 1.41. The van der Waals surface area contributed by atoms with Crippen LogP contribution in [-0.4, -0.2) is 47.0 Å². The minimum absolute atomic E-state index is 0.00662. The van der Waals surface area contributed by atoms with Gasteiger partial charge in [0.2, 0.25) is 11.9 Å². The molecule has 1 saturated heterocycles. The van der Waals surface area contributed by atoms with Crippen molar-refractivity contribution in [2.45, 2.75) is 0 Å². The van der Waals surface area contributed by atoms with Gasteiger partial charge in [0.1, 0.15) is 0 Å². The highest BCUT2D eigenvalue weighted by atomic mass is 35.5. The number of carbonyl (C=O) groups excluding carboxylic acids is 1. The average Bonchev–Trinajstić information content (AvgIpc) is 3.03. The fraction of sp³-hybridized carbons (Fsp3) is 0.211. The van der Waals surface area contributed by atoms with Gasteiger partial charge in [-0.2, -0.15) is 0 Å². The number of benzene rings is 1. The van der Waals surface area contributed by atoms with E-state index in [0.29, 0.717) is 24.1 Å². The van der Waals surface area contributed by atoms with Gasteiger partial charge in [0, 0.05) is 59.6 Å². The molecular formula is C19H17ClN4OS. The van der Waals surface area contributed by atoms with E-state index in [1.54, 1.807) is 35.9 Å². The molecule has 0 radical (unpaired) electrons. The lowest BCUT2D eigenvalue weighted by Crippen LogP contribution is -2.48. The molecule has 3 heterocycles. The molecule has 1 aromatic carbocycles. The molecule has 0 atom stereocenters. The van der Waals surface area contributed by atoms with Gasteiger partial charge in [0.15, 0.2) is 0 Å². The molecule has 0 unspecified atom stereocenters. The minimum Gasteiger partial charge on any atom is -0.337 e. The second-order valence-corrected chi connectivity index (χ2v) is 7.43. The molecule has 7 heteroatoms. The number of hydrogen-bond acceptors (Lipinski definition) is 5. The minimum atomic E-state index is 0.00662. The van der Waals surface area contributed by atoms with Gasteiger partial charge >= 0.3 is 0 Å². The van der Waals surface area contributed by atoms with Gasteiger partial charge in [-0.3, -0.25) is 4.79 Å². The SMILES string of the molecule is O=C(/C=C/c1sc2ccccc2c1Cl)N1CCN(c2ncccn2)CC1. The van der Waals surface area contributed by atoms with Crippen LogP contribution >= 0.6 is 22.9 Å². The van der Waals surface area contributed by atoms with Crippen LogP contribution in [0.25, 0.3) is 16.2 Å². The number of thiophene rings is 1. The average molecular weight is 385 g/mol. The Morgan fingerprint density at radius 2 is 1.81 bits per heavy atom. The van der Waals surface area contributed by atoms with Crippen molar-refractivity contribution in [3.05, 3.63) is 58.7 Å². The Kier molecular flexibility index (Phi) is 4.86. The maximum Gasteiger partial charge on any atom is 0.246 e. The van der Waals surface area contributed by atoms with Crippen LogP contribution in [0.2, 0.25) is 5.02 Å². The van der Waals surface area contributed by atoms with Gasteiger partial charge in [-0.25, -0.2) is 9.97 Å². The lowest BCUT2D eigenvalue weighted by atomic mass is 10.2. The summed E-state index contributed by atoms with van der Waals surface area (Å²) in [6, 6.07) is 9.79. The van der Waals surface area contributed by atoms with E-state index in [0.717, 1.165) is 28.1 Å². The van der Waals surface area contributed by atoms with Crippen LogP contribution in [0.1, 0.15) is 4.88 Å². The molecule has 0 spiro atoms. The first kappa shape index (κ1) is 17.0. The molecule has 0 aliphatic carbocycles. The summed E-state index contributed by atoms with van der Waals surface area (Å²) in [5.41, 5.74) is 0. The first-order valence-corrected chi connectivity index (χ1v) is 9.58. The Morgan fingerprint density at radius 1 is 1.08 bits per heavy atom. The molecule has 0 N–H and O–H groups in total. The highest BCUT2D eigenvalue weighted by molar-refractivity contribution is 7.20. The molecular weight excluding hydrogens is 368 g/mol. The van der Waals surface area contributed by atoms with E-state index in [1.807, 2.05) is 35.2 Å². The van der Waals surface area contributed by atoms with E-state index in [9.17, 15) is 4.79 Å². The van der Waals surface area contributed by atoms with Crippen LogP contribution in [0.3, 0.4) is 0 Å². The monoisotopic (exact) mass is 384 g/mol. The highest BCUT2D eigenvalue weighted by Crippen LogP contribution is 2.35. The number of nitrogens with zero attached hydrogens (tertiary/aromatic N) is 4. The van der Waals surface area contributed by atoms with Gasteiger partial charge in [0.25, 0.3) is 0 Å². The zero-order chi connectivity index (χ0) is 17.9. The van der Waals surface area contributed by atoms with Crippen molar-refractivity contribution in [3.8, 4) is 0 Å². The molecule has 4 rings (SSSR count). The second-order valence-electron chi connectivity index (χ2n) is 5.97. The van der Waals surface area contributed by atoms with Crippen LogP contribution in [-0.2, 0) is 4.79 Å². The quantitative estimate of drug-likeness (QED) is 0.646. The molecule has 1 aliphatic heterocycles. The Bertz CT molecular complexity index is 949. The number of carbonyl (C=O) groups is 1. The molecule has 1 aliphatic rings. The van der Waals surface area contributed by atoms with Gasteiger partial charge in [-0.1, -0.05) is 29.8 Å². The van der Waals surface area contributed by atoms with Crippen LogP contribution in [0.4, 0.5) is 5.95 Å². The summed E-state index contributed by atoms with van der Waals surface area (Å²) in [5, 5.41) is 1.74. The number of fused-ring (bicyclic) bond motifs is 1. The molecule has 1 fully saturated rings. The molecule has 3 aromatic rings.